The van der Waals surface area contributed by atoms with Gasteiger partial charge in [0.25, 0.3) is 0 Å². The van der Waals surface area contributed by atoms with Crippen LogP contribution >= 0.6 is 11.6 Å². The number of rotatable bonds is 9. The molecule has 0 fully saturated rings. The summed E-state index contributed by atoms with van der Waals surface area (Å²) in [4.78, 5) is 11.2. The molecule has 0 aliphatic carbocycles. The van der Waals surface area contributed by atoms with Gasteiger partial charge in [0, 0.05) is 32.2 Å². The summed E-state index contributed by atoms with van der Waals surface area (Å²) in [5, 5.41) is 0.520. The molecular formula is C15H26ClN3O. The SMILES string of the molecule is CCCc1nc(Cl)cc(N(CCOC)C(CC)CC)n1. The third kappa shape index (κ3) is 4.91. The first-order chi connectivity index (χ1) is 9.65. The number of aryl methyl sites for hydroxylation is 1. The lowest BCUT2D eigenvalue weighted by atomic mass is 10.1. The zero-order valence-electron chi connectivity index (χ0n) is 13.0. The van der Waals surface area contributed by atoms with E-state index in [1.165, 1.54) is 0 Å². The van der Waals surface area contributed by atoms with E-state index < -0.39 is 0 Å². The van der Waals surface area contributed by atoms with Gasteiger partial charge in [-0.3, -0.25) is 0 Å². The summed E-state index contributed by atoms with van der Waals surface area (Å²) in [5.74, 6) is 1.74. The quantitative estimate of drug-likeness (QED) is 0.651. The molecule has 0 radical (unpaired) electrons. The molecule has 20 heavy (non-hydrogen) atoms. The van der Waals surface area contributed by atoms with Gasteiger partial charge in [0.15, 0.2) is 0 Å². The highest BCUT2D eigenvalue weighted by molar-refractivity contribution is 6.29. The molecule has 4 nitrogen and oxygen atoms in total. The van der Waals surface area contributed by atoms with Crippen molar-refractivity contribution in [1.29, 1.82) is 0 Å². The fourth-order valence-electron chi connectivity index (χ4n) is 2.34. The van der Waals surface area contributed by atoms with Crippen LogP contribution in [0.3, 0.4) is 0 Å². The number of nitrogens with zero attached hydrogens (tertiary/aromatic N) is 3. The Bertz CT molecular complexity index is 397. The second kappa shape index (κ2) is 9.14. The Morgan fingerprint density at radius 1 is 1.25 bits per heavy atom. The molecule has 0 aliphatic rings. The van der Waals surface area contributed by atoms with E-state index in [4.69, 9.17) is 16.3 Å². The number of methoxy groups -OCH3 is 1. The second-order valence-corrected chi connectivity index (χ2v) is 5.26. The lowest BCUT2D eigenvalue weighted by molar-refractivity contribution is 0.202. The van der Waals surface area contributed by atoms with Crippen LogP contribution in [-0.4, -0.2) is 36.3 Å². The van der Waals surface area contributed by atoms with Gasteiger partial charge in [0.2, 0.25) is 0 Å². The third-order valence-electron chi connectivity index (χ3n) is 3.42. The van der Waals surface area contributed by atoms with E-state index in [0.717, 1.165) is 43.9 Å². The highest BCUT2D eigenvalue weighted by Crippen LogP contribution is 2.21. The minimum atomic E-state index is 0.450. The zero-order valence-corrected chi connectivity index (χ0v) is 13.8. The lowest BCUT2D eigenvalue weighted by Gasteiger charge is -2.31. The minimum Gasteiger partial charge on any atom is -0.383 e. The van der Waals surface area contributed by atoms with Crippen LogP contribution in [0.2, 0.25) is 5.15 Å². The summed E-state index contributed by atoms with van der Waals surface area (Å²) in [6, 6.07) is 2.31. The van der Waals surface area contributed by atoms with Crippen LogP contribution in [0.5, 0.6) is 0 Å². The van der Waals surface area contributed by atoms with Crippen LogP contribution in [0.25, 0.3) is 0 Å². The largest absolute Gasteiger partial charge is 0.383 e. The molecule has 5 heteroatoms. The monoisotopic (exact) mass is 299 g/mol. The molecule has 0 saturated carbocycles. The molecule has 0 spiro atoms. The van der Waals surface area contributed by atoms with Crippen molar-refractivity contribution in [3.8, 4) is 0 Å². The average molecular weight is 300 g/mol. The van der Waals surface area contributed by atoms with Gasteiger partial charge < -0.3 is 9.64 Å². The third-order valence-corrected chi connectivity index (χ3v) is 3.61. The van der Waals surface area contributed by atoms with Gasteiger partial charge in [-0.05, 0) is 19.3 Å². The minimum absolute atomic E-state index is 0.450. The van der Waals surface area contributed by atoms with Crippen molar-refractivity contribution in [3.05, 3.63) is 17.0 Å². The summed E-state index contributed by atoms with van der Waals surface area (Å²) in [6.45, 7) is 8.02. The molecule has 1 heterocycles. The van der Waals surface area contributed by atoms with Crippen LogP contribution in [0.4, 0.5) is 5.82 Å². The number of aromatic nitrogens is 2. The highest BCUT2D eigenvalue weighted by Gasteiger charge is 2.18. The molecule has 0 bridgehead atoms. The van der Waals surface area contributed by atoms with Gasteiger partial charge in [-0.15, -0.1) is 0 Å². The molecular weight excluding hydrogens is 274 g/mol. The molecule has 1 aromatic rings. The van der Waals surface area contributed by atoms with E-state index in [1.807, 2.05) is 6.07 Å². The Morgan fingerprint density at radius 2 is 1.95 bits per heavy atom. The summed E-state index contributed by atoms with van der Waals surface area (Å²) < 4.78 is 5.22. The predicted octanol–water partition coefficient (Wildman–Crippen LogP) is 3.72. The van der Waals surface area contributed by atoms with Gasteiger partial charge in [-0.2, -0.15) is 0 Å². The van der Waals surface area contributed by atoms with Crippen molar-refractivity contribution >= 4 is 17.4 Å². The smallest absolute Gasteiger partial charge is 0.134 e. The van der Waals surface area contributed by atoms with Gasteiger partial charge in [0.1, 0.15) is 16.8 Å². The molecule has 0 saturated heterocycles. The Balaban J connectivity index is 3.04. The fourth-order valence-corrected chi connectivity index (χ4v) is 2.53. The zero-order chi connectivity index (χ0) is 15.0. The number of hydrogen-bond acceptors (Lipinski definition) is 4. The Kier molecular flexibility index (Phi) is 7.85. The number of hydrogen-bond donors (Lipinski definition) is 0. The first-order valence-electron chi connectivity index (χ1n) is 7.45. The molecule has 0 N–H and O–H groups in total. The van der Waals surface area contributed by atoms with Crippen molar-refractivity contribution in [1.82, 2.24) is 9.97 Å². The maximum atomic E-state index is 6.15. The van der Waals surface area contributed by atoms with Crippen LogP contribution in [0.1, 0.15) is 45.9 Å². The predicted molar refractivity (Wildman–Crippen MR) is 84.6 cm³/mol. The second-order valence-electron chi connectivity index (χ2n) is 4.87. The van der Waals surface area contributed by atoms with Crippen LogP contribution in [-0.2, 0) is 11.2 Å². The van der Waals surface area contributed by atoms with E-state index in [1.54, 1.807) is 7.11 Å². The molecule has 0 aliphatic heterocycles. The van der Waals surface area contributed by atoms with Crippen molar-refractivity contribution in [2.45, 2.75) is 52.5 Å². The normalized spacial score (nSPS) is 11.1. The molecule has 1 rings (SSSR count). The standard InChI is InChI=1S/C15H26ClN3O/c1-5-8-14-17-13(16)11-15(18-14)19(9-10-20-4)12(6-2)7-3/h11-12H,5-10H2,1-4H3. The summed E-state index contributed by atoms with van der Waals surface area (Å²) in [6.07, 6.45) is 4.02. The summed E-state index contributed by atoms with van der Waals surface area (Å²) in [7, 11) is 1.72. The first-order valence-corrected chi connectivity index (χ1v) is 7.83. The van der Waals surface area contributed by atoms with Crippen molar-refractivity contribution in [2.24, 2.45) is 0 Å². The Hall–Kier alpha value is -0.870. The van der Waals surface area contributed by atoms with E-state index in [-0.39, 0.29) is 0 Å². The van der Waals surface area contributed by atoms with Gasteiger partial charge >= 0.3 is 0 Å². The Morgan fingerprint density at radius 3 is 2.50 bits per heavy atom. The van der Waals surface area contributed by atoms with Crippen LogP contribution < -0.4 is 4.90 Å². The molecule has 0 unspecified atom stereocenters. The van der Waals surface area contributed by atoms with E-state index in [0.29, 0.717) is 17.8 Å². The van der Waals surface area contributed by atoms with Crippen molar-refractivity contribution in [2.75, 3.05) is 25.2 Å². The number of halogens is 1. The molecule has 114 valence electrons. The number of anilines is 1. The van der Waals surface area contributed by atoms with Crippen molar-refractivity contribution < 1.29 is 4.74 Å². The van der Waals surface area contributed by atoms with E-state index in [9.17, 15) is 0 Å². The summed E-state index contributed by atoms with van der Waals surface area (Å²) in [5.41, 5.74) is 0. The molecule has 0 amide bonds. The van der Waals surface area contributed by atoms with E-state index in [2.05, 4.69) is 35.6 Å². The maximum Gasteiger partial charge on any atom is 0.134 e. The first kappa shape index (κ1) is 17.2. The number of ether oxygens (including phenoxy) is 1. The van der Waals surface area contributed by atoms with Gasteiger partial charge in [-0.25, -0.2) is 9.97 Å². The highest BCUT2D eigenvalue weighted by atomic mass is 35.5. The average Bonchev–Trinajstić information content (AvgIpc) is 2.43. The van der Waals surface area contributed by atoms with Crippen LogP contribution in [0, 0.1) is 0 Å². The van der Waals surface area contributed by atoms with Crippen molar-refractivity contribution in [3.63, 3.8) is 0 Å². The molecule has 0 aromatic carbocycles. The lowest BCUT2D eigenvalue weighted by Crippen LogP contribution is -2.38. The van der Waals surface area contributed by atoms with Crippen LogP contribution in [0.15, 0.2) is 6.07 Å². The molecule has 0 atom stereocenters. The topological polar surface area (TPSA) is 38.2 Å². The van der Waals surface area contributed by atoms with Gasteiger partial charge in [0.05, 0.1) is 6.61 Å². The molecule has 1 aromatic heterocycles. The Labute approximate surface area is 127 Å². The summed E-state index contributed by atoms with van der Waals surface area (Å²) >= 11 is 6.15. The maximum absolute atomic E-state index is 6.15. The van der Waals surface area contributed by atoms with E-state index >= 15 is 0 Å². The van der Waals surface area contributed by atoms with Gasteiger partial charge in [-0.1, -0.05) is 32.4 Å². The fraction of sp³-hybridized carbons (Fsp3) is 0.733.